The Morgan fingerprint density at radius 3 is 2.43 bits per heavy atom. The van der Waals surface area contributed by atoms with E-state index >= 15 is 0 Å². The van der Waals surface area contributed by atoms with Crippen molar-refractivity contribution in [1.82, 2.24) is 15.0 Å². The molecule has 0 aliphatic carbocycles. The normalized spacial score (nSPS) is 10.9. The van der Waals surface area contributed by atoms with Crippen LogP contribution < -0.4 is 10.6 Å². The van der Waals surface area contributed by atoms with E-state index in [2.05, 4.69) is 51.7 Å². The van der Waals surface area contributed by atoms with Gasteiger partial charge in [0.05, 0.1) is 11.2 Å². The Kier molecular flexibility index (Phi) is 5.92. The van der Waals surface area contributed by atoms with Crippen molar-refractivity contribution in [1.29, 1.82) is 0 Å². The van der Waals surface area contributed by atoms with Gasteiger partial charge < -0.3 is 10.6 Å². The summed E-state index contributed by atoms with van der Waals surface area (Å²) in [7, 11) is 0. The topological polar surface area (TPSA) is 62.7 Å². The van der Waals surface area contributed by atoms with Crippen molar-refractivity contribution >= 4 is 23.0 Å². The average molecular weight is 305 g/mol. The van der Waals surface area contributed by atoms with Crippen LogP contribution in [0.1, 0.15) is 44.6 Å². The van der Waals surface area contributed by atoms with Crippen molar-refractivity contribution in [3.8, 4) is 0 Å². The minimum Gasteiger partial charge on any atom is -0.370 e. The molecule has 0 atom stereocenters. The van der Waals surface area contributed by atoms with Gasteiger partial charge in [-0.05, 0) is 6.42 Å². The minimum atomic E-state index is 0.312. The molecule has 2 N–H and O–H groups in total. The van der Waals surface area contributed by atoms with E-state index in [1.807, 2.05) is 11.6 Å². The van der Waals surface area contributed by atoms with Gasteiger partial charge in [0.15, 0.2) is 0 Å². The van der Waals surface area contributed by atoms with Crippen molar-refractivity contribution < 1.29 is 0 Å². The summed E-state index contributed by atoms with van der Waals surface area (Å²) < 4.78 is 0. The molecular weight excluding hydrogens is 282 g/mol. The van der Waals surface area contributed by atoms with Crippen LogP contribution in [-0.4, -0.2) is 28.0 Å². The summed E-state index contributed by atoms with van der Waals surface area (Å²) >= 11 is 1.63. The van der Waals surface area contributed by atoms with Crippen LogP contribution >= 0.6 is 11.3 Å². The summed E-state index contributed by atoms with van der Waals surface area (Å²) in [6.07, 6.45) is 1.98. The first-order chi connectivity index (χ1) is 10.2. The zero-order valence-electron chi connectivity index (χ0n) is 12.9. The Hall–Kier alpha value is -1.69. The molecule has 21 heavy (non-hydrogen) atoms. The molecule has 0 radical (unpaired) electrons. The van der Waals surface area contributed by atoms with Gasteiger partial charge in [0.25, 0.3) is 0 Å². The number of nitrogens with zero attached hydrogens (tertiary/aromatic N) is 3. The average Bonchev–Trinajstić information content (AvgIpc) is 2.98. The largest absolute Gasteiger partial charge is 0.370 e. The number of hydrogen-bond donors (Lipinski definition) is 2. The highest BCUT2D eigenvalue weighted by Crippen LogP contribution is 2.17. The van der Waals surface area contributed by atoms with Gasteiger partial charge in [-0.2, -0.15) is 0 Å². The van der Waals surface area contributed by atoms with Gasteiger partial charge in [0, 0.05) is 36.9 Å². The Labute approximate surface area is 130 Å². The highest BCUT2D eigenvalue weighted by molar-refractivity contribution is 7.07. The van der Waals surface area contributed by atoms with E-state index in [9.17, 15) is 0 Å². The Bertz CT molecular complexity index is 539. The molecular formula is C15H23N5S. The SMILES string of the molecule is CCCNc1cc(NCCc2cscn2)nc(C(C)C)n1. The van der Waals surface area contributed by atoms with Crippen molar-refractivity contribution in [3.63, 3.8) is 0 Å². The minimum absolute atomic E-state index is 0.312. The lowest BCUT2D eigenvalue weighted by molar-refractivity contribution is 0.773. The molecule has 0 spiro atoms. The molecule has 0 saturated carbocycles. The summed E-state index contributed by atoms with van der Waals surface area (Å²) in [5.74, 6) is 2.95. The third-order valence-electron chi connectivity index (χ3n) is 2.99. The number of rotatable bonds is 8. The predicted molar refractivity (Wildman–Crippen MR) is 89.2 cm³/mol. The fourth-order valence-electron chi connectivity index (χ4n) is 1.84. The first kappa shape index (κ1) is 15.7. The van der Waals surface area contributed by atoms with Crippen LogP contribution in [0.4, 0.5) is 11.6 Å². The van der Waals surface area contributed by atoms with Crippen LogP contribution in [0.5, 0.6) is 0 Å². The number of anilines is 2. The summed E-state index contributed by atoms with van der Waals surface area (Å²) in [4.78, 5) is 13.4. The van der Waals surface area contributed by atoms with E-state index < -0.39 is 0 Å². The zero-order chi connectivity index (χ0) is 15.1. The van der Waals surface area contributed by atoms with Crippen molar-refractivity contribution in [2.75, 3.05) is 23.7 Å². The van der Waals surface area contributed by atoms with E-state index in [1.165, 1.54) is 0 Å². The summed E-state index contributed by atoms with van der Waals surface area (Å²) in [5, 5.41) is 8.78. The van der Waals surface area contributed by atoms with Crippen LogP contribution in [-0.2, 0) is 6.42 Å². The number of nitrogens with one attached hydrogen (secondary N) is 2. The molecule has 0 amide bonds. The van der Waals surface area contributed by atoms with Gasteiger partial charge in [0.2, 0.25) is 0 Å². The van der Waals surface area contributed by atoms with E-state index in [4.69, 9.17) is 0 Å². The van der Waals surface area contributed by atoms with Gasteiger partial charge in [-0.1, -0.05) is 20.8 Å². The number of thiazole rings is 1. The van der Waals surface area contributed by atoms with Crippen LogP contribution in [0.15, 0.2) is 17.0 Å². The smallest absolute Gasteiger partial charge is 0.135 e. The fourth-order valence-corrected chi connectivity index (χ4v) is 2.43. The third-order valence-corrected chi connectivity index (χ3v) is 3.62. The van der Waals surface area contributed by atoms with Crippen LogP contribution in [0.2, 0.25) is 0 Å². The molecule has 2 heterocycles. The van der Waals surface area contributed by atoms with E-state index in [0.29, 0.717) is 5.92 Å². The maximum Gasteiger partial charge on any atom is 0.135 e. The van der Waals surface area contributed by atoms with E-state index in [-0.39, 0.29) is 0 Å². The molecule has 2 rings (SSSR count). The molecule has 2 aromatic rings. The molecule has 114 valence electrons. The lowest BCUT2D eigenvalue weighted by Crippen LogP contribution is -2.11. The quantitative estimate of drug-likeness (QED) is 0.781. The van der Waals surface area contributed by atoms with Crippen LogP contribution in [0.3, 0.4) is 0 Å². The highest BCUT2D eigenvalue weighted by atomic mass is 32.1. The maximum absolute atomic E-state index is 4.58. The van der Waals surface area contributed by atoms with Crippen LogP contribution in [0, 0.1) is 0 Å². The molecule has 0 unspecified atom stereocenters. The van der Waals surface area contributed by atoms with E-state index in [0.717, 1.165) is 49.1 Å². The summed E-state index contributed by atoms with van der Waals surface area (Å²) in [5.41, 5.74) is 2.99. The predicted octanol–water partition coefficient (Wildman–Crippen LogP) is 3.53. The molecule has 0 aliphatic heterocycles. The molecule has 6 heteroatoms. The molecule has 0 aromatic carbocycles. The second kappa shape index (κ2) is 7.93. The van der Waals surface area contributed by atoms with Gasteiger partial charge in [-0.15, -0.1) is 11.3 Å². The molecule has 0 bridgehead atoms. The molecule has 0 aliphatic rings. The molecule has 5 nitrogen and oxygen atoms in total. The highest BCUT2D eigenvalue weighted by Gasteiger charge is 2.08. The molecule has 0 saturated heterocycles. The monoisotopic (exact) mass is 305 g/mol. The maximum atomic E-state index is 4.58. The second-order valence-corrected chi connectivity index (χ2v) is 5.95. The summed E-state index contributed by atoms with van der Waals surface area (Å²) in [6, 6.07) is 1.97. The van der Waals surface area contributed by atoms with Crippen molar-refractivity contribution in [2.24, 2.45) is 0 Å². The standard InChI is InChI=1S/C15H23N5S/c1-4-6-16-13-8-14(20-15(19-13)11(2)3)17-7-5-12-9-21-10-18-12/h8-11H,4-7H2,1-3H3,(H2,16,17,19,20). The zero-order valence-corrected chi connectivity index (χ0v) is 13.7. The summed E-state index contributed by atoms with van der Waals surface area (Å²) in [6.45, 7) is 8.11. The third kappa shape index (κ3) is 4.97. The van der Waals surface area contributed by atoms with Crippen molar-refractivity contribution in [2.45, 2.75) is 39.5 Å². The Morgan fingerprint density at radius 2 is 1.86 bits per heavy atom. The van der Waals surface area contributed by atoms with Gasteiger partial charge in [-0.3, -0.25) is 0 Å². The van der Waals surface area contributed by atoms with Gasteiger partial charge in [-0.25, -0.2) is 15.0 Å². The first-order valence-corrected chi connectivity index (χ1v) is 8.37. The van der Waals surface area contributed by atoms with Gasteiger partial charge in [0.1, 0.15) is 17.5 Å². The molecule has 2 aromatic heterocycles. The first-order valence-electron chi connectivity index (χ1n) is 7.42. The Balaban J connectivity index is 2.00. The van der Waals surface area contributed by atoms with Crippen LogP contribution in [0.25, 0.3) is 0 Å². The molecule has 0 fully saturated rings. The van der Waals surface area contributed by atoms with Gasteiger partial charge >= 0.3 is 0 Å². The second-order valence-electron chi connectivity index (χ2n) is 5.23. The fraction of sp³-hybridized carbons (Fsp3) is 0.533. The number of hydrogen-bond acceptors (Lipinski definition) is 6. The van der Waals surface area contributed by atoms with Crippen molar-refractivity contribution in [3.05, 3.63) is 28.5 Å². The lowest BCUT2D eigenvalue weighted by atomic mass is 10.2. The Morgan fingerprint density at radius 1 is 1.14 bits per heavy atom. The van der Waals surface area contributed by atoms with E-state index in [1.54, 1.807) is 11.3 Å². The lowest BCUT2D eigenvalue weighted by Gasteiger charge is -2.12. The number of aromatic nitrogens is 3.